The molecule has 0 spiro atoms. The van der Waals surface area contributed by atoms with Crippen LogP contribution in [-0.4, -0.2) is 24.2 Å². The summed E-state index contributed by atoms with van der Waals surface area (Å²) < 4.78 is 14.1. The lowest BCUT2D eigenvalue weighted by Gasteiger charge is -2.16. The van der Waals surface area contributed by atoms with Gasteiger partial charge in [0.05, 0.1) is 16.9 Å². The van der Waals surface area contributed by atoms with Gasteiger partial charge in [0, 0.05) is 25.2 Å². The van der Waals surface area contributed by atoms with E-state index in [1.54, 1.807) is 38.1 Å². The SMILES string of the molecule is CCc1c(-c2ccc(N(C)C)c(F)c2)[nH]c(=O)c(C)c1O. The molecule has 2 aromatic rings. The summed E-state index contributed by atoms with van der Waals surface area (Å²) in [5.41, 5.74) is 2.01. The van der Waals surface area contributed by atoms with Crippen molar-refractivity contribution in [3.8, 4) is 17.0 Å². The predicted molar refractivity (Wildman–Crippen MR) is 82.6 cm³/mol. The zero-order chi connectivity index (χ0) is 15.7. The fourth-order valence-corrected chi connectivity index (χ4v) is 2.35. The van der Waals surface area contributed by atoms with Gasteiger partial charge in [-0.1, -0.05) is 13.0 Å². The van der Waals surface area contributed by atoms with Gasteiger partial charge >= 0.3 is 0 Å². The number of halogens is 1. The summed E-state index contributed by atoms with van der Waals surface area (Å²) in [4.78, 5) is 16.3. The molecule has 0 atom stereocenters. The Hall–Kier alpha value is -2.30. The van der Waals surface area contributed by atoms with Crippen LogP contribution in [0.4, 0.5) is 10.1 Å². The number of pyridine rings is 1. The number of aromatic nitrogens is 1. The van der Waals surface area contributed by atoms with E-state index < -0.39 is 0 Å². The number of nitrogens with zero attached hydrogens (tertiary/aromatic N) is 1. The van der Waals surface area contributed by atoms with Crippen molar-refractivity contribution in [2.24, 2.45) is 0 Å². The van der Waals surface area contributed by atoms with Crippen LogP contribution in [0.3, 0.4) is 0 Å². The quantitative estimate of drug-likeness (QED) is 0.914. The number of hydrogen-bond acceptors (Lipinski definition) is 3. The molecule has 2 rings (SSSR count). The van der Waals surface area contributed by atoms with Crippen molar-refractivity contribution in [2.45, 2.75) is 20.3 Å². The van der Waals surface area contributed by atoms with Crippen LogP contribution in [0.5, 0.6) is 5.75 Å². The number of nitrogens with one attached hydrogen (secondary N) is 1. The first kappa shape index (κ1) is 15.1. The molecule has 1 aromatic heterocycles. The molecule has 4 nitrogen and oxygen atoms in total. The maximum Gasteiger partial charge on any atom is 0.255 e. The van der Waals surface area contributed by atoms with Crippen LogP contribution in [-0.2, 0) is 6.42 Å². The lowest BCUT2D eigenvalue weighted by Crippen LogP contribution is -2.14. The third-order valence-corrected chi connectivity index (χ3v) is 3.59. The van der Waals surface area contributed by atoms with Crippen molar-refractivity contribution in [1.82, 2.24) is 4.98 Å². The third-order valence-electron chi connectivity index (χ3n) is 3.59. The highest BCUT2D eigenvalue weighted by Crippen LogP contribution is 2.31. The first-order valence-electron chi connectivity index (χ1n) is 6.78. The summed E-state index contributed by atoms with van der Waals surface area (Å²) in [5.74, 6) is -0.395. The largest absolute Gasteiger partial charge is 0.507 e. The second-order valence-electron chi connectivity index (χ2n) is 5.20. The van der Waals surface area contributed by atoms with Crippen molar-refractivity contribution in [3.63, 3.8) is 0 Å². The van der Waals surface area contributed by atoms with Gasteiger partial charge in [-0.3, -0.25) is 4.79 Å². The minimum atomic E-state index is -0.375. The highest BCUT2D eigenvalue weighted by molar-refractivity contribution is 5.69. The summed E-state index contributed by atoms with van der Waals surface area (Å²) in [6.45, 7) is 3.44. The molecule has 0 aliphatic carbocycles. The summed E-state index contributed by atoms with van der Waals surface area (Å²) >= 11 is 0. The molecular formula is C16H19FN2O2. The van der Waals surface area contributed by atoms with E-state index in [1.807, 2.05) is 6.92 Å². The van der Waals surface area contributed by atoms with Gasteiger partial charge in [-0.05, 0) is 25.5 Å². The molecule has 1 aromatic carbocycles. The second kappa shape index (κ2) is 5.60. The normalized spacial score (nSPS) is 10.7. The Balaban J connectivity index is 2.67. The van der Waals surface area contributed by atoms with Gasteiger partial charge in [0.2, 0.25) is 0 Å². The maximum atomic E-state index is 14.1. The van der Waals surface area contributed by atoms with E-state index in [9.17, 15) is 14.3 Å². The molecule has 2 N–H and O–H groups in total. The van der Waals surface area contributed by atoms with Crippen molar-refractivity contribution in [3.05, 3.63) is 45.5 Å². The average Bonchev–Trinajstić information content (AvgIpc) is 2.44. The Kier molecular flexibility index (Phi) is 4.02. The number of anilines is 1. The molecule has 0 aliphatic rings. The Morgan fingerprint density at radius 3 is 2.52 bits per heavy atom. The first-order chi connectivity index (χ1) is 9.86. The molecule has 0 unspecified atom stereocenters. The fourth-order valence-electron chi connectivity index (χ4n) is 2.35. The molecule has 0 bridgehead atoms. The van der Waals surface area contributed by atoms with Crippen LogP contribution >= 0.6 is 0 Å². The van der Waals surface area contributed by atoms with E-state index in [4.69, 9.17) is 0 Å². The van der Waals surface area contributed by atoms with Gasteiger partial charge in [0.25, 0.3) is 5.56 Å². The van der Waals surface area contributed by atoms with E-state index in [-0.39, 0.29) is 22.7 Å². The Morgan fingerprint density at radius 1 is 1.33 bits per heavy atom. The maximum absolute atomic E-state index is 14.1. The number of rotatable bonds is 3. The Labute approximate surface area is 122 Å². The lowest BCUT2D eigenvalue weighted by molar-refractivity contribution is 0.463. The van der Waals surface area contributed by atoms with Gasteiger partial charge in [-0.2, -0.15) is 0 Å². The van der Waals surface area contributed by atoms with Crippen molar-refractivity contribution in [1.29, 1.82) is 0 Å². The molecule has 0 saturated heterocycles. The van der Waals surface area contributed by atoms with Crippen molar-refractivity contribution in [2.75, 3.05) is 19.0 Å². The van der Waals surface area contributed by atoms with Gasteiger partial charge in [-0.25, -0.2) is 4.39 Å². The first-order valence-corrected chi connectivity index (χ1v) is 6.78. The topological polar surface area (TPSA) is 56.3 Å². The van der Waals surface area contributed by atoms with Crippen LogP contribution in [0.2, 0.25) is 0 Å². The summed E-state index contributed by atoms with van der Waals surface area (Å²) in [5, 5.41) is 10.1. The summed E-state index contributed by atoms with van der Waals surface area (Å²) in [6.07, 6.45) is 0.538. The molecule has 0 fully saturated rings. The zero-order valence-corrected chi connectivity index (χ0v) is 12.6. The summed E-state index contributed by atoms with van der Waals surface area (Å²) in [6, 6.07) is 4.76. The smallest absolute Gasteiger partial charge is 0.255 e. The molecule has 1 heterocycles. The van der Waals surface area contributed by atoms with Crippen molar-refractivity contribution < 1.29 is 9.50 Å². The van der Waals surface area contributed by atoms with Crippen LogP contribution in [0.1, 0.15) is 18.1 Å². The Morgan fingerprint density at radius 2 is 2.00 bits per heavy atom. The molecule has 0 amide bonds. The van der Waals surface area contributed by atoms with Crippen LogP contribution in [0.25, 0.3) is 11.3 Å². The van der Waals surface area contributed by atoms with E-state index >= 15 is 0 Å². The van der Waals surface area contributed by atoms with Crippen LogP contribution in [0, 0.1) is 12.7 Å². The number of benzene rings is 1. The predicted octanol–water partition coefficient (Wildman–Crippen LogP) is 2.82. The molecule has 0 aliphatic heterocycles. The van der Waals surface area contributed by atoms with E-state index in [0.717, 1.165) is 0 Å². The van der Waals surface area contributed by atoms with Crippen LogP contribution < -0.4 is 10.5 Å². The number of H-pyrrole nitrogens is 1. The molecular weight excluding hydrogens is 271 g/mol. The molecule has 0 radical (unpaired) electrons. The van der Waals surface area contributed by atoms with Gasteiger partial charge < -0.3 is 15.0 Å². The van der Waals surface area contributed by atoms with Gasteiger partial charge in [-0.15, -0.1) is 0 Å². The van der Waals surface area contributed by atoms with Gasteiger partial charge in [0.1, 0.15) is 11.6 Å². The van der Waals surface area contributed by atoms with Gasteiger partial charge in [0.15, 0.2) is 0 Å². The average molecular weight is 290 g/mol. The lowest BCUT2D eigenvalue weighted by atomic mass is 10.0. The van der Waals surface area contributed by atoms with E-state index in [1.165, 1.54) is 6.07 Å². The monoisotopic (exact) mass is 290 g/mol. The minimum absolute atomic E-state index is 0.0201. The molecule has 0 saturated carbocycles. The molecule has 5 heteroatoms. The number of aromatic hydroxyl groups is 1. The number of aromatic amines is 1. The fraction of sp³-hybridized carbons (Fsp3) is 0.312. The molecule has 112 valence electrons. The zero-order valence-electron chi connectivity index (χ0n) is 12.6. The second-order valence-corrected chi connectivity index (χ2v) is 5.20. The minimum Gasteiger partial charge on any atom is -0.507 e. The number of hydrogen-bond donors (Lipinski definition) is 2. The van der Waals surface area contributed by atoms with E-state index in [2.05, 4.69) is 4.98 Å². The van der Waals surface area contributed by atoms with Crippen molar-refractivity contribution >= 4 is 5.69 Å². The Bertz CT molecular complexity index is 736. The van der Waals surface area contributed by atoms with E-state index in [0.29, 0.717) is 28.9 Å². The highest BCUT2D eigenvalue weighted by atomic mass is 19.1. The highest BCUT2D eigenvalue weighted by Gasteiger charge is 2.15. The molecule has 21 heavy (non-hydrogen) atoms. The third kappa shape index (κ3) is 2.63. The van der Waals surface area contributed by atoms with Crippen LogP contribution in [0.15, 0.2) is 23.0 Å². The summed E-state index contributed by atoms with van der Waals surface area (Å²) in [7, 11) is 3.52. The standard InChI is InChI=1S/C16H19FN2O2/c1-5-11-14(18-16(21)9(2)15(11)20)10-6-7-13(19(3)4)12(17)8-10/h6-8H,5H2,1-4H3,(H2,18,20,21).